The number of amides is 1. The van der Waals surface area contributed by atoms with Gasteiger partial charge in [-0.3, -0.25) is 4.79 Å². The summed E-state index contributed by atoms with van der Waals surface area (Å²) in [5.74, 6) is 2.80. The maximum atomic E-state index is 12.7. The Hall–Kier alpha value is -2.57. The summed E-state index contributed by atoms with van der Waals surface area (Å²) in [6.07, 6.45) is 9.82. The lowest BCUT2D eigenvalue weighted by Crippen LogP contribution is -2.48. The number of amidine groups is 1. The Morgan fingerprint density at radius 1 is 1.05 bits per heavy atom. The molecular formula is C31H34N2O3S. The fraction of sp³-hybridized carbons (Fsp3) is 0.484. The van der Waals surface area contributed by atoms with E-state index in [0.29, 0.717) is 23.9 Å². The number of hydrogen-bond donors (Lipinski definition) is 1. The van der Waals surface area contributed by atoms with Crippen LogP contribution in [0.1, 0.15) is 55.2 Å². The number of phenols is 1. The third kappa shape index (κ3) is 4.22. The quantitative estimate of drug-likeness (QED) is 0.499. The molecule has 37 heavy (non-hydrogen) atoms. The number of benzene rings is 2. The minimum atomic E-state index is -0.165. The van der Waals surface area contributed by atoms with Crippen molar-refractivity contribution in [1.29, 1.82) is 0 Å². The van der Waals surface area contributed by atoms with Gasteiger partial charge in [0.05, 0.1) is 18.1 Å². The smallest absolute Gasteiger partial charge is 0.286 e. The molecule has 2 aromatic rings. The summed E-state index contributed by atoms with van der Waals surface area (Å²) in [5.41, 5.74) is 5.69. The number of aliphatic imine (C=N–C) groups is 1. The van der Waals surface area contributed by atoms with Gasteiger partial charge >= 0.3 is 0 Å². The lowest BCUT2D eigenvalue weighted by Gasteiger charge is -2.57. The highest BCUT2D eigenvalue weighted by Crippen LogP contribution is 2.62. The van der Waals surface area contributed by atoms with Gasteiger partial charge < -0.3 is 14.7 Å². The van der Waals surface area contributed by atoms with Crippen LogP contribution in [0.25, 0.3) is 17.2 Å². The molecule has 1 N–H and O–H groups in total. The Balaban J connectivity index is 1.19. The number of nitrogens with zero attached hydrogens (tertiary/aromatic N) is 2. The second-order valence-electron chi connectivity index (χ2n) is 11.9. The van der Waals surface area contributed by atoms with Gasteiger partial charge in [0.25, 0.3) is 5.91 Å². The summed E-state index contributed by atoms with van der Waals surface area (Å²) in [4.78, 5) is 19.8. The zero-order valence-corrected chi connectivity index (χ0v) is 22.2. The van der Waals surface area contributed by atoms with E-state index in [9.17, 15) is 9.90 Å². The Morgan fingerprint density at radius 2 is 1.76 bits per heavy atom. The van der Waals surface area contributed by atoms with Crippen molar-refractivity contribution in [2.45, 2.75) is 50.9 Å². The molecule has 1 amide bonds. The Kier molecular flexibility index (Phi) is 5.74. The molecule has 5 fully saturated rings. The van der Waals surface area contributed by atoms with Crippen molar-refractivity contribution in [3.8, 4) is 16.9 Å². The van der Waals surface area contributed by atoms with Crippen molar-refractivity contribution in [3.05, 3.63) is 58.0 Å². The van der Waals surface area contributed by atoms with Gasteiger partial charge in [-0.1, -0.05) is 18.2 Å². The number of aromatic hydroxyl groups is 1. The van der Waals surface area contributed by atoms with Gasteiger partial charge in [-0.15, -0.1) is 0 Å². The Morgan fingerprint density at radius 3 is 2.46 bits per heavy atom. The molecule has 192 valence electrons. The maximum Gasteiger partial charge on any atom is 0.286 e. The van der Waals surface area contributed by atoms with E-state index in [2.05, 4.69) is 41.1 Å². The van der Waals surface area contributed by atoms with E-state index in [-0.39, 0.29) is 11.3 Å². The third-order valence-electron chi connectivity index (χ3n) is 9.34. The topological polar surface area (TPSA) is 62.1 Å². The SMILES string of the molecule is Cc1cc(O)c(C23CC4CC(CC(C4)C2)C3)cc1-c1cccc(/C=C2/SC(N3CCOCC3)=NC2=O)c1. The van der Waals surface area contributed by atoms with Crippen molar-refractivity contribution >= 4 is 28.9 Å². The number of rotatable bonds is 3. The first kappa shape index (κ1) is 23.5. The van der Waals surface area contributed by atoms with E-state index in [4.69, 9.17) is 4.74 Å². The average Bonchev–Trinajstić information content (AvgIpc) is 3.24. The lowest BCUT2D eigenvalue weighted by molar-refractivity contribution is -0.113. The van der Waals surface area contributed by atoms with Crippen LogP contribution in [-0.4, -0.2) is 47.4 Å². The minimum Gasteiger partial charge on any atom is -0.508 e. The van der Waals surface area contributed by atoms with E-state index in [1.165, 1.54) is 61.4 Å². The standard InChI is InChI=1S/C31H34N2O3S/c1-19-9-27(34)26(31-16-21-10-22(17-31)12-23(11-21)18-31)15-25(19)24-4-2-3-20(13-24)14-28-29(35)32-30(37-28)33-5-7-36-8-6-33/h2-4,9,13-15,21-23,34H,5-8,10-12,16-18H2,1H3/b28-14+. The average molecular weight is 515 g/mol. The fourth-order valence-electron chi connectivity index (χ4n) is 8.10. The molecule has 6 aliphatic rings. The number of carbonyl (C=O) groups excluding carboxylic acids is 1. The van der Waals surface area contributed by atoms with E-state index >= 15 is 0 Å². The number of phenolic OH excluding ortho intramolecular Hbond substituents is 1. The van der Waals surface area contributed by atoms with Crippen LogP contribution in [0, 0.1) is 24.7 Å². The van der Waals surface area contributed by atoms with Crippen LogP contribution in [-0.2, 0) is 14.9 Å². The molecule has 2 aromatic carbocycles. The van der Waals surface area contributed by atoms with Crippen LogP contribution in [0.3, 0.4) is 0 Å². The highest BCUT2D eigenvalue weighted by molar-refractivity contribution is 8.18. The molecule has 2 heterocycles. The highest BCUT2D eigenvalue weighted by Gasteiger charge is 2.52. The number of aryl methyl sites for hydroxylation is 1. The number of morpholine rings is 1. The summed E-state index contributed by atoms with van der Waals surface area (Å²) in [5, 5.41) is 11.9. The van der Waals surface area contributed by atoms with Gasteiger partial charge in [0.2, 0.25) is 0 Å². The van der Waals surface area contributed by atoms with E-state index < -0.39 is 0 Å². The molecule has 0 radical (unpaired) electrons. The molecule has 8 rings (SSSR count). The van der Waals surface area contributed by atoms with E-state index in [1.807, 2.05) is 18.2 Å². The maximum absolute atomic E-state index is 12.7. The second-order valence-corrected chi connectivity index (χ2v) is 12.9. The fourth-order valence-corrected chi connectivity index (χ4v) is 9.07. The Labute approximate surface area is 223 Å². The van der Waals surface area contributed by atoms with Crippen molar-refractivity contribution in [3.63, 3.8) is 0 Å². The molecule has 4 bridgehead atoms. The number of thioether (sulfide) groups is 1. The first-order chi connectivity index (χ1) is 18.0. The van der Waals surface area contributed by atoms with E-state index in [1.54, 1.807) is 0 Å². The number of hydrogen-bond acceptors (Lipinski definition) is 5. The van der Waals surface area contributed by atoms with Crippen LogP contribution < -0.4 is 0 Å². The van der Waals surface area contributed by atoms with Gasteiger partial charge in [-0.25, -0.2) is 0 Å². The Bertz CT molecular complexity index is 1290. The van der Waals surface area contributed by atoms with Crippen LogP contribution in [0.5, 0.6) is 5.75 Å². The van der Waals surface area contributed by atoms with Crippen molar-refractivity contribution < 1.29 is 14.6 Å². The summed E-state index contributed by atoms with van der Waals surface area (Å²) >= 11 is 1.46. The molecule has 0 spiro atoms. The largest absolute Gasteiger partial charge is 0.508 e. The lowest BCUT2D eigenvalue weighted by atomic mass is 9.48. The number of carbonyl (C=O) groups is 1. The molecule has 4 saturated carbocycles. The molecule has 0 aromatic heterocycles. The molecule has 0 unspecified atom stereocenters. The van der Waals surface area contributed by atoms with Crippen molar-refractivity contribution in [2.75, 3.05) is 26.3 Å². The monoisotopic (exact) mass is 514 g/mol. The molecule has 5 nitrogen and oxygen atoms in total. The zero-order valence-electron chi connectivity index (χ0n) is 21.4. The zero-order chi connectivity index (χ0) is 25.1. The summed E-state index contributed by atoms with van der Waals surface area (Å²) in [7, 11) is 0. The highest BCUT2D eigenvalue weighted by atomic mass is 32.2. The summed E-state index contributed by atoms with van der Waals surface area (Å²) in [6.45, 7) is 4.97. The summed E-state index contributed by atoms with van der Waals surface area (Å²) < 4.78 is 5.44. The molecule has 2 aliphatic heterocycles. The first-order valence-corrected chi connectivity index (χ1v) is 14.6. The summed E-state index contributed by atoms with van der Waals surface area (Å²) in [6, 6.07) is 12.7. The predicted molar refractivity (Wildman–Crippen MR) is 149 cm³/mol. The minimum absolute atomic E-state index is 0.140. The molecule has 1 saturated heterocycles. The van der Waals surface area contributed by atoms with Crippen LogP contribution >= 0.6 is 11.8 Å². The third-order valence-corrected chi connectivity index (χ3v) is 10.4. The van der Waals surface area contributed by atoms with Crippen LogP contribution in [0.4, 0.5) is 0 Å². The second kappa shape index (κ2) is 9.02. The molecule has 4 aliphatic carbocycles. The molecule has 6 heteroatoms. The van der Waals surface area contributed by atoms with Gasteiger partial charge in [-0.2, -0.15) is 4.99 Å². The first-order valence-electron chi connectivity index (χ1n) is 13.8. The van der Waals surface area contributed by atoms with Crippen molar-refractivity contribution in [2.24, 2.45) is 22.7 Å². The van der Waals surface area contributed by atoms with Gasteiger partial charge in [0, 0.05) is 18.7 Å². The predicted octanol–water partition coefficient (Wildman–Crippen LogP) is 6.14. The molecule has 0 atom stereocenters. The van der Waals surface area contributed by atoms with E-state index in [0.717, 1.165) is 52.7 Å². The number of ether oxygens (including phenoxy) is 1. The molecular weight excluding hydrogens is 480 g/mol. The van der Waals surface area contributed by atoms with Gasteiger partial charge in [0.15, 0.2) is 5.17 Å². The van der Waals surface area contributed by atoms with Gasteiger partial charge in [0.1, 0.15) is 5.75 Å². The van der Waals surface area contributed by atoms with Crippen LogP contribution in [0.2, 0.25) is 0 Å². The normalized spacial score (nSPS) is 31.9. The van der Waals surface area contributed by atoms with Crippen LogP contribution in [0.15, 0.2) is 46.3 Å². The van der Waals surface area contributed by atoms with Gasteiger partial charge in [-0.05, 0) is 127 Å². The van der Waals surface area contributed by atoms with Crippen molar-refractivity contribution in [1.82, 2.24) is 4.90 Å².